The van der Waals surface area contributed by atoms with Crippen molar-refractivity contribution in [3.05, 3.63) is 33.7 Å². The van der Waals surface area contributed by atoms with Crippen molar-refractivity contribution in [2.24, 2.45) is 0 Å². The van der Waals surface area contributed by atoms with Crippen molar-refractivity contribution in [2.45, 2.75) is 27.7 Å². The van der Waals surface area contributed by atoms with Gasteiger partial charge in [-0.25, -0.2) is 0 Å². The van der Waals surface area contributed by atoms with Crippen molar-refractivity contribution in [3.63, 3.8) is 0 Å². The Morgan fingerprint density at radius 2 is 1.75 bits per heavy atom. The Hall–Kier alpha value is -0.620. The molecule has 12 heavy (non-hydrogen) atoms. The van der Waals surface area contributed by atoms with Gasteiger partial charge in [-0.3, -0.25) is 9.13 Å². The van der Waals surface area contributed by atoms with E-state index in [9.17, 15) is 4.79 Å². The van der Waals surface area contributed by atoms with Crippen LogP contribution < -0.4 is 5.56 Å². The second kappa shape index (κ2) is 5.10. The molecule has 68 valence electrons. The first-order valence-corrected chi connectivity index (χ1v) is 4.59. The molecule has 1 rings (SSSR count). The molecule has 1 aromatic heterocycles. The number of aromatic nitrogens is 1. The fourth-order valence-electron chi connectivity index (χ4n) is 0.747. The van der Waals surface area contributed by atoms with E-state index >= 15 is 0 Å². The van der Waals surface area contributed by atoms with Gasteiger partial charge in [0, 0.05) is 11.3 Å². The monoisotopic (exact) mass is 185 g/mol. The Morgan fingerprint density at radius 3 is 2.17 bits per heavy atom. The first-order chi connectivity index (χ1) is 5.63. The molecule has 0 fully saturated rings. The van der Waals surface area contributed by atoms with Crippen LogP contribution in [0.15, 0.2) is 16.9 Å². The van der Waals surface area contributed by atoms with E-state index in [2.05, 4.69) is 9.39 Å². The zero-order valence-electron chi connectivity index (χ0n) is 8.09. The number of nitrogens with zero attached hydrogens (tertiary/aromatic N) is 1. The number of hydrogen-bond acceptors (Lipinski definition) is 1. The largest absolute Gasteiger partial charge is 0.297 e. The van der Waals surface area contributed by atoms with Crippen LogP contribution in [-0.2, 0) is 0 Å². The van der Waals surface area contributed by atoms with Gasteiger partial charge < -0.3 is 0 Å². The van der Waals surface area contributed by atoms with Gasteiger partial charge in [0.25, 0.3) is 5.56 Å². The molecule has 0 saturated heterocycles. The van der Waals surface area contributed by atoms with Gasteiger partial charge in [0.2, 0.25) is 0 Å². The van der Waals surface area contributed by atoms with Crippen molar-refractivity contribution >= 4 is 9.39 Å². The van der Waals surface area contributed by atoms with Crippen LogP contribution in [0, 0.1) is 13.8 Å². The Bertz CT molecular complexity index is 304. The summed E-state index contributed by atoms with van der Waals surface area (Å²) in [6.07, 6.45) is 0. The Balaban J connectivity index is 0.000000561. The van der Waals surface area contributed by atoms with Crippen LogP contribution in [0.25, 0.3) is 0 Å². The molecule has 1 heterocycles. The molecule has 0 radical (unpaired) electrons. The summed E-state index contributed by atoms with van der Waals surface area (Å²) in [6, 6.07) is 3.75. The highest BCUT2D eigenvalue weighted by molar-refractivity contribution is 7.14. The standard InChI is InChI=1S/C7H10NOP.C2H6/c1-5-3-4-6(2)8(10)7(5)9;1-2/h3-4H,10H2,1-2H3;1-2H3. The molecule has 0 amide bonds. The van der Waals surface area contributed by atoms with E-state index in [1.54, 1.807) is 4.34 Å². The molecule has 0 bridgehead atoms. The van der Waals surface area contributed by atoms with E-state index in [1.165, 1.54) is 0 Å². The predicted octanol–water partition coefficient (Wildman–Crippen LogP) is 2.13. The summed E-state index contributed by atoms with van der Waals surface area (Å²) >= 11 is 0. The van der Waals surface area contributed by atoms with E-state index in [0.29, 0.717) is 0 Å². The molecule has 0 aliphatic carbocycles. The molecule has 0 aliphatic heterocycles. The van der Waals surface area contributed by atoms with E-state index in [4.69, 9.17) is 0 Å². The maximum absolute atomic E-state index is 11.1. The molecule has 0 saturated carbocycles. The third-order valence-corrected chi connectivity index (χ3v) is 2.15. The summed E-state index contributed by atoms with van der Waals surface area (Å²) in [6.45, 7) is 7.70. The summed E-state index contributed by atoms with van der Waals surface area (Å²) in [5.74, 6) is 0. The molecule has 0 aliphatic rings. The van der Waals surface area contributed by atoms with Crippen LogP contribution in [0.2, 0.25) is 0 Å². The zero-order chi connectivity index (χ0) is 9.72. The SMILES string of the molecule is CC.Cc1ccc(C)n(P)c1=O. The second-order valence-electron chi connectivity index (χ2n) is 2.33. The maximum atomic E-state index is 11.1. The van der Waals surface area contributed by atoms with Gasteiger partial charge in [0.15, 0.2) is 0 Å². The molecule has 1 unspecified atom stereocenters. The number of aryl methyl sites for hydroxylation is 2. The van der Waals surface area contributed by atoms with E-state index in [1.807, 2.05) is 39.8 Å². The van der Waals surface area contributed by atoms with Gasteiger partial charge in [-0.15, -0.1) is 0 Å². The van der Waals surface area contributed by atoms with E-state index in [-0.39, 0.29) is 5.56 Å². The first kappa shape index (κ1) is 11.4. The molecular formula is C9H16NOP. The minimum absolute atomic E-state index is 0.0602. The normalized spacial score (nSPS) is 8.75. The molecule has 0 N–H and O–H groups in total. The lowest BCUT2D eigenvalue weighted by atomic mass is 10.3. The summed E-state index contributed by atoms with van der Waals surface area (Å²) in [7, 11) is 2.38. The summed E-state index contributed by atoms with van der Waals surface area (Å²) in [4.78, 5) is 11.1. The van der Waals surface area contributed by atoms with Crippen molar-refractivity contribution in [1.82, 2.24) is 4.34 Å². The maximum Gasteiger partial charge on any atom is 0.256 e. The Morgan fingerprint density at radius 1 is 1.25 bits per heavy atom. The van der Waals surface area contributed by atoms with Gasteiger partial charge in [-0.05, 0) is 29.3 Å². The lowest BCUT2D eigenvalue weighted by Crippen LogP contribution is -2.16. The van der Waals surface area contributed by atoms with Crippen molar-refractivity contribution in [1.29, 1.82) is 0 Å². The van der Waals surface area contributed by atoms with Gasteiger partial charge in [0.05, 0.1) is 0 Å². The van der Waals surface area contributed by atoms with Crippen LogP contribution in [-0.4, -0.2) is 4.34 Å². The molecule has 1 atom stereocenters. The molecule has 0 spiro atoms. The lowest BCUT2D eigenvalue weighted by molar-refractivity contribution is 1.04. The number of hydrogen-bond donors (Lipinski definition) is 0. The lowest BCUT2D eigenvalue weighted by Gasteiger charge is -2.01. The van der Waals surface area contributed by atoms with Crippen molar-refractivity contribution in [2.75, 3.05) is 0 Å². The summed E-state index contributed by atoms with van der Waals surface area (Å²) < 4.78 is 1.56. The van der Waals surface area contributed by atoms with Crippen LogP contribution in [0.1, 0.15) is 25.1 Å². The fraction of sp³-hybridized carbons (Fsp3) is 0.444. The second-order valence-corrected chi connectivity index (χ2v) is 2.85. The molecule has 2 nitrogen and oxygen atoms in total. The molecule has 1 aromatic rings. The highest BCUT2D eigenvalue weighted by atomic mass is 31.0. The average molecular weight is 185 g/mol. The molecule has 0 aromatic carbocycles. The Labute approximate surface area is 75.9 Å². The van der Waals surface area contributed by atoms with Gasteiger partial charge in [0.1, 0.15) is 0 Å². The van der Waals surface area contributed by atoms with E-state index < -0.39 is 0 Å². The topological polar surface area (TPSA) is 22.0 Å². The van der Waals surface area contributed by atoms with E-state index in [0.717, 1.165) is 11.3 Å². The average Bonchev–Trinajstić information content (AvgIpc) is 2.12. The molecular weight excluding hydrogens is 169 g/mol. The third kappa shape index (κ3) is 2.46. The minimum atomic E-state index is 0.0602. The third-order valence-electron chi connectivity index (χ3n) is 1.51. The van der Waals surface area contributed by atoms with Gasteiger partial charge >= 0.3 is 0 Å². The van der Waals surface area contributed by atoms with Crippen LogP contribution in [0.5, 0.6) is 0 Å². The van der Waals surface area contributed by atoms with Gasteiger partial charge in [-0.1, -0.05) is 19.9 Å². The summed E-state index contributed by atoms with van der Waals surface area (Å²) in [5, 5.41) is 0. The number of rotatable bonds is 0. The van der Waals surface area contributed by atoms with Crippen LogP contribution >= 0.6 is 9.39 Å². The first-order valence-electron chi connectivity index (χ1n) is 4.07. The minimum Gasteiger partial charge on any atom is -0.297 e. The highest BCUT2D eigenvalue weighted by Gasteiger charge is 1.95. The van der Waals surface area contributed by atoms with Crippen molar-refractivity contribution < 1.29 is 0 Å². The van der Waals surface area contributed by atoms with Crippen molar-refractivity contribution in [3.8, 4) is 0 Å². The zero-order valence-corrected chi connectivity index (χ0v) is 9.24. The predicted molar refractivity (Wildman–Crippen MR) is 56.6 cm³/mol. The Kier molecular flexibility index (Phi) is 4.84. The van der Waals surface area contributed by atoms with Gasteiger partial charge in [-0.2, -0.15) is 0 Å². The molecule has 3 heteroatoms. The smallest absolute Gasteiger partial charge is 0.256 e. The highest BCUT2D eigenvalue weighted by Crippen LogP contribution is 1.99. The summed E-state index contributed by atoms with van der Waals surface area (Å²) in [5.41, 5.74) is 1.80. The number of pyridine rings is 1. The quantitative estimate of drug-likeness (QED) is 0.567. The fourth-order valence-corrected chi connectivity index (χ4v) is 1.04. The van der Waals surface area contributed by atoms with Crippen LogP contribution in [0.4, 0.5) is 0 Å². The van der Waals surface area contributed by atoms with Crippen LogP contribution in [0.3, 0.4) is 0 Å².